The van der Waals surface area contributed by atoms with E-state index in [4.69, 9.17) is 17.3 Å². The van der Waals surface area contributed by atoms with Gasteiger partial charge in [-0.1, -0.05) is 41.9 Å². The third-order valence-electron chi connectivity index (χ3n) is 3.61. The van der Waals surface area contributed by atoms with Crippen molar-refractivity contribution in [3.05, 3.63) is 59.1 Å². The molecule has 0 aliphatic rings. The van der Waals surface area contributed by atoms with Crippen LogP contribution in [0.25, 0.3) is 0 Å². The number of alkyl halides is 2. The Hall–Kier alpha value is -2.23. The number of primary amides is 1. The van der Waals surface area contributed by atoms with E-state index < -0.39 is 28.1 Å². The average molecular weight is 405 g/mol. The van der Waals surface area contributed by atoms with Crippen molar-refractivity contribution in [1.82, 2.24) is 4.72 Å². The van der Waals surface area contributed by atoms with Gasteiger partial charge >= 0.3 is 6.61 Å². The zero-order valence-corrected chi connectivity index (χ0v) is 15.0. The Morgan fingerprint density at radius 1 is 1.23 bits per heavy atom. The summed E-state index contributed by atoms with van der Waals surface area (Å²) >= 11 is 5.79. The monoisotopic (exact) mass is 404 g/mol. The number of amides is 1. The Labute approximate surface area is 154 Å². The van der Waals surface area contributed by atoms with Crippen LogP contribution in [0.5, 0.6) is 5.75 Å². The van der Waals surface area contributed by atoms with Crippen LogP contribution >= 0.6 is 11.6 Å². The summed E-state index contributed by atoms with van der Waals surface area (Å²) in [5.74, 6) is -1.29. The fraction of sp³-hybridized carbons (Fsp3) is 0.188. The lowest BCUT2D eigenvalue weighted by Gasteiger charge is -2.27. The second-order valence-electron chi connectivity index (χ2n) is 5.43. The molecular weight excluding hydrogens is 390 g/mol. The maximum absolute atomic E-state index is 12.6. The molecule has 0 radical (unpaired) electrons. The minimum atomic E-state index is -4.26. The number of carbonyl (C=O) groups excluding carboxylic acids is 1. The summed E-state index contributed by atoms with van der Waals surface area (Å²) in [5, 5.41) is -0.325. The van der Waals surface area contributed by atoms with Gasteiger partial charge in [0.25, 0.3) is 0 Å². The van der Waals surface area contributed by atoms with Crippen LogP contribution in [0.1, 0.15) is 12.5 Å². The first-order valence-corrected chi connectivity index (χ1v) is 9.06. The van der Waals surface area contributed by atoms with Crippen molar-refractivity contribution in [2.45, 2.75) is 24.0 Å². The molecular formula is C16H15ClF2N2O4S. The fourth-order valence-electron chi connectivity index (χ4n) is 2.19. The van der Waals surface area contributed by atoms with Crippen LogP contribution in [0.3, 0.4) is 0 Å². The zero-order chi connectivity index (χ0) is 19.5. The molecule has 2 aromatic rings. The van der Waals surface area contributed by atoms with Gasteiger partial charge in [-0.05, 0) is 30.7 Å². The molecule has 0 saturated carbocycles. The van der Waals surface area contributed by atoms with E-state index in [-0.39, 0.29) is 15.7 Å². The Balaban J connectivity index is 2.40. The lowest BCUT2D eigenvalue weighted by molar-refractivity contribution is -0.123. The molecule has 1 atom stereocenters. The van der Waals surface area contributed by atoms with Crippen LogP contribution in [-0.4, -0.2) is 20.9 Å². The maximum atomic E-state index is 12.6. The molecule has 0 heterocycles. The minimum Gasteiger partial charge on any atom is -0.433 e. The normalized spacial score (nSPS) is 14.0. The second kappa shape index (κ2) is 7.56. The second-order valence-corrected chi connectivity index (χ2v) is 7.52. The van der Waals surface area contributed by atoms with Gasteiger partial charge in [0.05, 0.1) is 9.92 Å². The molecule has 0 aromatic heterocycles. The van der Waals surface area contributed by atoms with Crippen LogP contribution in [0.15, 0.2) is 53.4 Å². The number of ether oxygens (including phenoxy) is 1. The van der Waals surface area contributed by atoms with Crippen molar-refractivity contribution in [3.8, 4) is 5.75 Å². The number of carbonyl (C=O) groups is 1. The largest absolute Gasteiger partial charge is 0.433 e. The number of hydrogen-bond acceptors (Lipinski definition) is 4. The average Bonchev–Trinajstić information content (AvgIpc) is 2.56. The summed E-state index contributed by atoms with van der Waals surface area (Å²) in [6, 6.07) is 11.0. The van der Waals surface area contributed by atoms with Gasteiger partial charge in [-0.3, -0.25) is 4.79 Å². The van der Waals surface area contributed by atoms with E-state index in [0.29, 0.717) is 5.56 Å². The van der Waals surface area contributed by atoms with Gasteiger partial charge in [0, 0.05) is 0 Å². The first kappa shape index (κ1) is 20.1. The van der Waals surface area contributed by atoms with Crippen LogP contribution in [-0.2, 0) is 20.4 Å². The predicted octanol–water partition coefficient (Wildman–Crippen LogP) is 2.62. The Morgan fingerprint density at radius 2 is 1.85 bits per heavy atom. The smallest absolute Gasteiger partial charge is 0.387 e. The summed E-state index contributed by atoms with van der Waals surface area (Å²) in [7, 11) is -4.26. The standard InChI is InChI=1S/C16H15ClF2N2O4S/c1-16(14(20)22,10-5-3-2-4-6-10)21-26(23,24)11-7-8-13(12(17)9-11)25-15(18)19/h2-9,15,21H,1H3,(H2,20,22)/t16-/m1/s1. The highest BCUT2D eigenvalue weighted by molar-refractivity contribution is 7.89. The Bertz CT molecular complexity index is 910. The van der Waals surface area contributed by atoms with Gasteiger partial charge in [-0.25, -0.2) is 8.42 Å². The number of hydrogen-bond donors (Lipinski definition) is 2. The molecule has 6 nitrogen and oxygen atoms in total. The summed E-state index contributed by atoms with van der Waals surface area (Å²) < 4.78 is 56.2. The molecule has 3 N–H and O–H groups in total. The Kier molecular flexibility index (Phi) is 5.84. The Morgan fingerprint density at radius 3 is 2.35 bits per heavy atom. The topological polar surface area (TPSA) is 98.5 Å². The van der Waals surface area contributed by atoms with Gasteiger partial charge < -0.3 is 10.5 Å². The van der Waals surface area contributed by atoms with Gasteiger partial charge in [0.1, 0.15) is 11.3 Å². The molecule has 2 aromatic carbocycles. The predicted molar refractivity (Wildman–Crippen MR) is 91.4 cm³/mol. The lowest BCUT2D eigenvalue weighted by atomic mass is 9.93. The number of nitrogens with two attached hydrogens (primary N) is 1. The first-order chi connectivity index (χ1) is 12.1. The first-order valence-electron chi connectivity index (χ1n) is 7.20. The third-order valence-corrected chi connectivity index (χ3v) is 5.46. The fourth-order valence-corrected chi connectivity index (χ4v) is 3.87. The van der Waals surface area contributed by atoms with E-state index in [1.54, 1.807) is 30.3 Å². The summed E-state index contributed by atoms with van der Waals surface area (Å²) in [5.41, 5.74) is 4.00. The SMILES string of the molecule is C[C@](NS(=O)(=O)c1ccc(OC(F)F)c(Cl)c1)(C(N)=O)c1ccccc1. The van der Waals surface area contributed by atoms with Gasteiger partial charge in [0.15, 0.2) is 0 Å². The van der Waals surface area contributed by atoms with Crippen LogP contribution in [0.2, 0.25) is 5.02 Å². The van der Waals surface area contributed by atoms with Crippen molar-refractivity contribution >= 4 is 27.5 Å². The maximum Gasteiger partial charge on any atom is 0.387 e. The molecule has 1 amide bonds. The molecule has 10 heteroatoms. The van der Waals surface area contributed by atoms with E-state index in [1.807, 2.05) is 0 Å². The van der Waals surface area contributed by atoms with Gasteiger partial charge in [0.2, 0.25) is 15.9 Å². The van der Waals surface area contributed by atoms with E-state index in [2.05, 4.69) is 9.46 Å². The number of halogens is 3. The van der Waals surface area contributed by atoms with Crippen LogP contribution < -0.4 is 15.2 Å². The molecule has 0 aliphatic heterocycles. The van der Waals surface area contributed by atoms with Crippen molar-refractivity contribution in [2.75, 3.05) is 0 Å². The number of rotatable bonds is 7. The molecule has 2 rings (SSSR count). The van der Waals surface area contributed by atoms with E-state index in [0.717, 1.165) is 18.2 Å². The third kappa shape index (κ3) is 4.29. The lowest BCUT2D eigenvalue weighted by Crippen LogP contribution is -2.52. The molecule has 0 bridgehead atoms. The molecule has 140 valence electrons. The summed E-state index contributed by atoms with van der Waals surface area (Å²) in [6.07, 6.45) is 0. The zero-order valence-electron chi connectivity index (χ0n) is 13.4. The number of sulfonamides is 1. The molecule has 0 unspecified atom stereocenters. The van der Waals surface area contributed by atoms with Crippen molar-refractivity contribution in [1.29, 1.82) is 0 Å². The van der Waals surface area contributed by atoms with E-state index in [9.17, 15) is 22.0 Å². The van der Waals surface area contributed by atoms with Crippen molar-refractivity contribution in [3.63, 3.8) is 0 Å². The summed E-state index contributed by atoms with van der Waals surface area (Å²) in [4.78, 5) is 11.6. The van der Waals surface area contributed by atoms with Gasteiger partial charge in [-0.2, -0.15) is 13.5 Å². The molecule has 0 fully saturated rings. The highest BCUT2D eigenvalue weighted by atomic mass is 35.5. The molecule has 0 aliphatic carbocycles. The van der Waals surface area contributed by atoms with E-state index in [1.165, 1.54) is 6.92 Å². The minimum absolute atomic E-state index is 0.325. The summed E-state index contributed by atoms with van der Waals surface area (Å²) in [6.45, 7) is -1.79. The van der Waals surface area contributed by atoms with Gasteiger partial charge in [-0.15, -0.1) is 0 Å². The van der Waals surface area contributed by atoms with Crippen LogP contribution in [0.4, 0.5) is 8.78 Å². The number of benzene rings is 2. The van der Waals surface area contributed by atoms with Crippen molar-refractivity contribution < 1.29 is 26.7 Å². The molecule has 0 spiro atoms. The highest BCUT2D eigenvalue weighted by Crippen LogP contribution is 2.30. The quantitative estimate of drug-likeness (QED) is 0.741. The number of nitrogens with one attached hydrogen (secondary N) is 1. The molecule has 0 saturated heterocycles. The van der Waals surface area contributed by atoms with Crippen LogP contribution in [0, 0.1) is 0 Å². The van der Waals surface area contributed by atoms with E-state index >= 15 is 0 Å². The van der Waals surface area contributed by atoms with Crippen molar-refractivity contribution in [2.24, 2.45) is 5.73 Å². The highest BCUT2D eigenvalue weighted by Gasteiger charge is 2.38. The molecule has 26 heavy (non-hydrogen) atoms.